The Bertz CT molecular complexity index is 365. The Morgan fingerprint density at radius 3 is 2.50 bits per heavy atom. The fourth-order valence-corrected chi connectivity index (χ4v) is 2.33. The topological polar surface area (TPSA) is 30.5 Å². The van der Waals surface area contributed by atoms with Gasteiger partial charge in [0.1, 0.15) is 0 Å². The smallest absolute Gasteiger partial charge is 0.161 e. The standard InChI is InChI=1S/C13H19NO2/c1-9-6-7-14-13(9)10-4-5-11(15-2)12(8-10)16-3/h4-5,8-9,13-14H,6-7H2,1-3H3. The molecule has 3 heteroatoms. The van der Waals surface area contributed by atoms with E-state index in [-0.39, 0.29) is 0 Å². The Balaban J connectivity index is 2.28. The first-order valence-corrected chi connectivity index (χ1v) is 5.71. The summed E-state index contributed by atoms with van der Waals surface area (Å²) in [5.41, 5.74) is 1.28. The van der Waals surface area contributed by atoms with Crippen molar-refractivity contribution in [3.05, 3.63) is 23.8 Å². The van der Waals surface area contributed by atoms with Gasteiger partial charge >= 0.3 is 0 Å². The van der Waals surface area contributed by atoms with Gasteiger partial charge in [0.25, 0.3) is 0 Å². The van der Waals surface area contributed by atoms with E-state index in [1.165, 1.54) is 12.0 Å². The molecule has 0 radical (unpaired) electrons. The molecule has 1 aromatic carbocycles. The minimum absolute atomic E-state index is 0.444. The van der Waals surface area contributed by atoms with E-state index in [1.54, 1.807) is 14.2 Å². The van der Waals surface area contributed by atoms with Crippen molar-refractivity contribution in [2.75, 3.05) is 20.8 Å². The highest BCUT2D eigenvalue weighted by molar-refractivity contribution is 5.44. The predicted octanol–water partition coefficient (Wildman–Crippen LogP) is 2.37. The molecule has 0 spiro atoms. The Labute approximate surface area is 96.8 Å². The number of methoxy groups -OCH3 is 2. The maximum Gasteiger partial charge on any atom is 0.161 e. The molecular weight excluding hydrogens is 202 g/mol. The Morgan fingerprint density at radius 2 is 1.94 bits per heavy atom. The molecule has 3 nitrogen and oxygen atoms in total. The molecule has 2 atom stereocenters. The summed E-state index contributed by atoms with van der Waals surface area (Å²) < 4.78 is 10.6. The van der Waals surface area contributed by atoms with E-state index < -0.39 is 0 Å². The summed E-state index contributed by atoms with van der Waals surface area (Å²) >= 11 is 0. The number of hydrogen-bond donors (Lipinski definition) is 1. The first kappa shape index (κ1) is 11.3. The number of hydrogen-bond acceptors (Lipinski definition) is 3. The van der Waals surface area contributed by atoms with Crippen molar-refractivity contribution in [2.24, 2.45) is 5.92 Å². The van der Waals surface area contributed by atoms with Crippen LogP contribution in [0.4, 0.5) is 0 Å². The first-order chi connectivity index (χ1) is 7.76. The van der Waals surface area contributed by atoms with Gasteiger partial charge in [-0.3, -0.25) is 0 Å². The van der Waals surface area contributed by atoms with Crippen LogP contribution in [0.25, 0.3) is 0 Å². The number of ether oxygens (including phenoxy) is 2. The van der Waals surface area contributed by atoms with E-state index in [9.17, 15) is 0 Å². The summed E-state index contributed by atoms with van der Waals surface area (Å²) in [6, 6.07) is 6.60. The van der Waals surface area contributed by atoms with Crippen LogP contribution in [0.5, 0.6) is 11.5 Å². The summed E-state index contributed by atoms with van der Waals surface area (Å²) in [6.07, 6.45) is 1.24. The van der Waals surface area contributed by atoms with Crippen LogP contribution in [0.15, 0.2) is 18.2 Å². The van der Waals surface area contributed by atoms with Crippen molar-refractivity contribution in [3.63, 3.8) is 0 Å². The maximum atomic E-state index is 5.32. The van der Waals surface area contributed by atoms with Crippen LogP contribution in [0.2, 0.25) is 0 Å². The minimum atomic E-state index is 0.444. The molecule has 1 aliphatic rings. The second-order valence-corrected chi connectivity index (χ2v) is 4.31. The van der Waals surface area contributed by atoms with Gasteiger partial charge in [0.05, 0.1) is 14.2 Å². The molecule has 1 N–H and O–H groups in total. The van der Waals surface area contributed by atoms with Crippen LogP contribution in [0.3, 0.4) is 0 Å². The molecule has 1 saturated heterocycles. The van der Waals surface area contributed by atoms with Crippen LogP contribution in [-0.4, -0.2) is 20.8 Å². The highest BCUT2D eigenvalue weighted by atomic mass is 16.5. The summed E-state index contributed by atoms with van der Waals surface area (Å²) in [5, 5.41) is 3.52. The van der Waals surface area contributed by atoms with E-state index in [4.69, 9.17) is 9.47 Å². The van der Waals surface area contributed by atoms with Crippen LogP contribution in [0.1, 0.15) is 24.9 Å². The van der Waals surface area contributed by atoms with Gasteiger partial charge in [-0.1, -0.05) is 13.0 Å². The van der Waals surface area contributed by atoms with Crippen molar-refractivity contribution in [3.8, 4) is 11.5 Å². The van der Waals surface area contributed by atoms with Gasteiger partial charge in [-0.05, 0) is 36.6 Å². The Morgan fingerprint density at radius 1 is 1.19 bits per heavy atom. The lowest BCUT2D eigenvalue weighted by molar-refractivity contribution is 0.353. The molecule has 2 rings (SSSR count). The van der Waals surface area contributed by atoms with E-state index in [2.05, 4.69) is 24.4 Å². The molecule has 1 aromatic rings. The second-order valence-electron chi connectivity index (χ2n) is 4.31. The van der Waals surface area contributed by atoms with Gasteiger partial charge in [0.2, 0.25) is 0 Å². The highest BCUT2D eigenvalue weighted by Crippen LogP contribution is 2.34. The lowest BCUT2D eigenvalue weighted by Crippen LogP contribution is -2.16. The zero-order valence-electron chi connectivity index (χ0n) is 10.1. The fourth-order valence-electron chi connectivity index (χ4n) is 2.33. The van der Waals surface area contributed by atoms with Crippen molar-refractivity contribution < 1.29 is 9.47 Å². The summed E-state index contributed by atoms with van der Waals surface area (Å²) in [4.78, 5) is 0. The molecule has 1 fully saturated rings. The Kier molecular flexibility index (Phi) is 3.34. The summed E-state index contributed by atoms with van der Waals surface area (Å²) in [5.74, 6) is 2.27. The third-order valence-corrected chi connectivity index (χ3v) is 3.30. The number of nitrogens with one attached hydrogen (secondary N) is 1. The average Bonchev–Trinajstić information content (AvgIpc) is 2.74. The van der Waals surface area contributed by atoms with Gasteiger partial charge in [-0.2, -0.15) is 0 Å². The number of rotatable bonds is 3. The molecule has 0 amide bonds. The molecule has 1 aliphatic heterocycles. The van der Waals surface area contributed by atoms with Gasteiger partial charge in [0.15, 0.2) is 11.5 Å². The van der Waals surface area contributed by atoms with Crippen LogP contribution < -0.4 is 14.8 Å². The third kappa shape index (κ3) is 2.00. The average molecular weight is 221 g/mol. The zero-order valence-corrected chi connectivity index (χ0v) is 10.1. The van der Waals surface area contributed by atoms with E-state index in [0.717, 1.165) is 18.0 Å². The normalized spacial score (nSPS) is 24.4. The van der Waals surface area contributed by atoms with Crippen LogP contribution >= 0.6 is 0 Å². The largest absolute Gasteiger partial charge is 0.493 e. The third-order valence-electron chi connectivity index (χ3n) is 3.30. The number of benzene rings is 1. The van der Waals surface area contributed by atoms with Crippen LogP contribution in [0, 0.1) is 5.92 Å². The molecule has 0 bridgehead atoms. The molecular formula is C13H19NO2. The maximum absolute atomic E-state index is 5.32. The van der Waals surface area contributed by atoms with E-state index in [0.29, 0.717) is 12.0 Å². The molecule has 0 saturated carbocycles. The van der Waals surface area contributed by atoms with E-state index >= 15 is 0 Å². The molecule has 2 unspecified atom stereocenters. The minimum Gasteiger partial charge on any atom is -0.493 e. The summed E-state index contributed by atoms with van der Waals surface area (Å²) in [6.45, 7) is 3.38. The van der Waals surface area contributed by atoms with Crippen molar-refractivity contribution in [1.82, 2.24) is 5.32 Å². The zero-order chi connectivity index (χ0) is 11.5. The van der Waals surface area contributed by atoms with E-state index in [1.807, 2.05) is 6.07 Å². The van der Waals surface area contributed by atoms with Crippen molar-refractivity contribution in [2.45, 2.75) is 19.4 Å². The Hall–Kier alpha value is -1.22. The molecule has 16 heavy (non-hydrogen) atoms. The lowest BCUT2D eigenvalue weighted by Gasteiger charge is -2.18. The fraction of sp³-hybridized carbons (Fsp3) is 0.538. The van der Waals surface area contributed by atoms with Crippen LogP contribution in [-0.2, 0) is 0 Å². The molecule has 0 aromatic heterocycles. The monoisotopic (exact) mass is 221 g/mol. The lowest BCUT2D eigenvalue weighted by atomic mass is 9.96. The van der Waals surface area contributed by atoms with Crippen molar-refractivity contribution in [1.29, 1.82) is 0 Å². The quantitative estimate of drug-likeness (QED) is 0.850. The van der Waals surface area contributed by atoms with Gasteiger partial charge in [-0.15, -0.1) is 0 Å². The summed E-state index contributed by atoms with van der Waals surface area (Å²) in [7, 11) is 3.33. The molecule has 0 aliphatic carbocycles. The van der Waals surface area contributed by atoms with Gasteiger partial charge in [-0.25, -0.2) is 0 Å². The van der Waals surface area contributed by atoms with Gasteiger partial charge < -0.3 is 14.8 Å². The van der Waals surface area contributed by atoms with Gasteiger partial charge in [0, 0.05) is 6.04 Å². The molecule has 88 valence electrons. The SMILES string of the molecule is COc1ccc(C2NCCC2C)cc1OC. The first-order valence-electron chi connectivity index (χ1n) is 5.71. The van der Waals surface area contributed by atoms with Crippen molar-refractivity contribution >= 4 is 0 Å². The molecule has 1 heterocycles. The predicted molar refractivity (Wildman–Crippen MR) is 64.1 cm³/mol. The highest BCUT2D eigenvalue weighted by Gasteiger charge is 2.24. The second kappa shape index (κ2) is 4.74.